The molecule has 0 atom stereocenters. The van der Waals surface area contributed by atoms with Crippen molar-refractivity contribution >= 4 is 16.9 Å². The minimum Gasteiger partial charge on any atom is -0.272 e. The van der Waals surface area contributed by atoms with Crippen LogP contribution < -0.4 is 0 Å². The Bertz CT molecular complexity index is 1110. The Hall–Kier alpha value is -3.27. The lowest BCUT2D eigenvalue weighted by Crippen LogP contribution is -2.13. The Balaban J connectivity index is 1.36. The molecule has 0 spiro atoms. The lowest BCUT2D eigenvalue weighted by atomic mass is 9.99. The van der Waals surface area contributed by atoms with Gasteiger partial charge in [-0.2, -0.15) is 4.68 Å². The van der Waals surface area contributed by atoms with Gasteiger partial charge in [0.05, 0.1) is 5.52 Å². The van der Waals surface area contributed by atoms with E-state index in [4.69, 9.17) is 0 Å². The van der Waals surface area contributed by atoms with Gasteiger partial charge in [0, 0.05) is 6.42 Å². The van der Waals surface area contributed by atoms with Gasteiger partial charge < -0.3 is 0 Å². The first kappa shape index (κ1) is 20.0. The van der Waals surface area contributed by atoms with Gasteiger partial charge in [0.1, 0.15) is 5.52 Å². The summed E-state index contributed by atoms with van der Waals surface area (Å²) in [5, 5.41) is 8.07. The molecule has 0 saturated carbocycles. The van der Waals surface area contributed by atoms with Gasteiger partial charge in [-0.05, 0) is 53.6 Å². The van der Waals surface area contributed by atoms with Crippen LogP contribution in [0.1, 0.15) is 48.5 Å². The summed E-state index contributed by atoms with van der Waals surface area (Å²) in [6.07, 6.45) is 6.04. The average molecular weight is 398 g/mol. The molecule has 0 fully saturated rings. The van der Waals surface area contributed by atoms with Crippen LogP contribution >= 0.6 is 0 Å². The second-order valence-electron chi connectivity index (χ2n) is 7.73. The minimum absolute atomic E-state index is 0.0357. The van der Waals surface area contributed by atoms with Crippen molar-refractivity contribution in [3.05, 3.63) is 83.9 Å². The molecule has 4 rings (SSSR count). The van der Waals surface area contributed by atoms with E-state index in [9.17, 15) is 4.79 Å². The molecule has 0 aliphatic rings. The quantitative estimate of drug-likeness (QED) is 0.337. The molecule has 4 aromatic rings. The van der Waals surface area contributed by atoms with Crippen LogP contribution in [-0.4, -0.2) is 20.9 Å². The Labute approximate surface area is 177 Å². The molecule has 0 aliphatic heterocycles. The molecule has 0 unspecified atom stereocenters. The van der Waals surface area contributed by atoms with E-state index in [1.54, 1.807) is 0 Å². The van der Waals surface area contributed by atoms with Crippen LogP contribution in [0.4, 0.5) is 0 Å². The molecule has 3 aromatic carbocycles. The van der Waals surface area contributed by atoms with E-state index in [0.717, 1.165) is 23.0 Å². The monoisotopic (exact) mass is 397 g/mol. The molecule has 4 nitrogen and oxygen atoms in total. The van der Waals surface area contributed by atoms with Crippen LogP contribution in [0.3, 0.4) is 0 Å². The average Bonchev–Trinajstić information content (AvgIpc) is 3.23. The summed E-state index contributed by atoms with van der Waals surface area (Å²) in [5.41, 5.74) is 6.48. The number of carbonyl (C=O) groups excluding carboxylic acids is 1. The number of hydrogen-bond donors (Lipinski definition) is 0. The Morgan fingerprint density at radius 3 is 2.10 bits per heavy atom. The first-order chi connectivity index (χ1) is 14.7. The summed E-state index contributed by atoms with van der Waals surface area (Å²) in [4.78, 5) is 12.6. The van der Waals surface area contributed by atoms with Crippen LogP contribution in [0.5, 0.6) is 0 Å². The predicted molar refractivity (Wildman–Crippen MR) is 122 cm³/mol. The zero-order valence-corrected chi connectivity index (χ0v) is 17.4. The summed E-state index contributed by atoms with van der Waals surface area (Å²) >= 11 is 0. The number of benzene rings is 3. The molecule has 0 radical (unpaired) electrons. The van der Waals surface area contributed by atoms with E-state index in [1.165, 1.54) is 40.6 Å². The molecule has 4 heteroatoms. The number of carbonyl (C=O) groups is 1. The summed E-state index contributed by atoms with van der Waals surface area (Å²) in [7, 11) is 0. The molecule has 1 aromatic heterocycles. The molecule has 0 saturated heterocycles. The van der Waals surface area contributed by atoms with E-state index in [2.05, 4.69) is 65.8 Å². The maximum absolute atomic E-state index is 12.6. The number of nitrogens with zero attached hydrogens (tertiary/aromatic N) is 3. The zero-order chi connectivity index (χ0) is 20.8. The summed E-state index contributed by atoms with van der Waals surface area (Å²) in [6, 6.07) is 24.9. The number of rotatable bonds is 8. The van der Waals surface area contributed by atoms with Gasteiger partial charge in [-0.1, -0.05) is 85.6 Å². The minimum atomic E-state index is -0.0357. The zero-order valence-electron chi connectivity index (χ0n) is 17.4. The number of para-hydroxylation sites is 1. The van der Waals surface area contributed by atoms with Crippen LogP contribution in [0, 0.1) is 0 Å². The van der Waals surface area contributed by atoms with Crippen molar-refractivity contribution in [2.75, 3.05) is 0 Å². The van der Waals surface area contributed by atoms with Crippen molar-refractivity contribution in [2.45, 2.75) is 45.4 Å². The number of aromatic nitrogens is 3. The molecule has 152 valence electrons. The fraction of sp³-hybridized carbons (Fsp3) is 0.269. The van der Waals surface area contributed by atoms with Crippen molar-refractivity contribution in [2.24, 2.45) is 0 Å². The topological polar surface area (TPSA) is 47.8 Å². The maximum Gasteiger partial charge on any atom is 0.249 e. The van der Waals surface area contributed by atoms with E-state index < -0.39 is 0 Å². The molecular formula is C26H27N3O. The van der Waals surface area contributed by atoms with Gasteiger partial charge in [0.25, 0.3) is 0 Å². The molecule has 0 bridgehead atoms. The van der Waals surface area contributed by atoms with E-state index >= 15 is 0 Å². The third-order valence-electron chi connectivity index (χ3n) is 5.53. The van der Waals surface area contributed by atoms with Crippen LogP contribution in [0.25, 0.3) is 22.2 Å². The lowest BCUT2D eigenvalue weighted by Gasteiger charge is -2.07. The van der Waals surface area contributed by atoms with Gasteiger partial charge in [-0.3, -0.25) is 4.79 Å². The standard InChI is InChI=1S/C26H27N3O/c1-2-3-4-7-20-10-15-22(16-11-20)23-17-12-21(13-18-23)14-19-26(30)29-25-9-6-5-8-24(25)27-28-29/h5-6,8-13,15-18H,2-4,7,14,19H2,1H3. The fourth-order valence-corrected chi connectivity index (χ4v) is 3.72. The molecule has 0 aliphatic carbocycles. The van der Waals surface area contributed by atoms with Crippen molar-refractivity contribution < 1.29 is 4.79 Å². The third-order valence-corrected chi connectivity index (χ3v) is 5.53. The highest BCUT2D eigenvalue weighted by atomic mass is 16.2. The normalized spacial score (nSPS) is 11.1. The van der Waals surface area contributed by atoms with Crippen molar-refractivity contribution in [1.29, 1.82) is 0 Å². The lowest BCUT2D eigenvalue weighted by molar-refractivity contribution is 0.0890. The highest BCUT2D eigenvalue weighted by Crippen LogP contribution is 2.22. The second kappa shape index (κ2) is 9.49. The maximum atomic E-state index is 12.6. The number of hydrogen-bond acceptors (Lipinski definition) is 3. The van der Waals surface area contributed by atoms with Crippen molar-refractivity contribution in [3.63, 3.8) is 0 Å². The van der Waals surface area contributed by atoms with Gasteiger partial charge in [0.2, 0.25) is 5.91 Å². The molecule has 1 heterocycles. The predicted octanol–water partition coefficient (Wildman–Crippen LogP) is 6.10. The Kier molecular flexibility index (Phi) is 6.33. The SMILES string of the molecule is CCCCCc1ccc(-c2ccc(CCC(=O)n3nnc4ccccc43)cc2)cc1. The third kappa shape index (κ3) is 4.65. The van der Waals surface area contributed by atoms with Gasteiger partial charge >= 0.3 is 0 Å². The van der Waals surface area contributed by atoms with Crippen molar-refractivity contribution in [3.8, 4) is 11.1 Å². The summed E-state index contributed by atoms with van der Waals surface area (Å²) < 4.78 is 1.41. The smallest absolute Gasteiger partial charge is 0.249 e. The summed E-state index contributed by atoms with van der Waals surface area (Å²) in [6.45, 7) is 2.24. The van der Waals surface area contributed by atoms with Crippen LogP contribution in [0.2, 0.25) is 0 Å². The largest absolute Gasteiger partial charge is 0.272 e. The highest BCUT2D eigenvalue weighted by molar-refractivity contribution is 5.88. The first-order valence-corrected chi connectivity index (χ1v) is 10.8. The highest BCUT2D eigenvalue weighted by Gasteiger charge is 2.11. The van der Waals surface area contributed by atoms with Crippen molar-refractivity contribution in [1.82, 2.24) is 15.0 Å². The Morgan fingerprint density at radius 1 is 0.800 bits per heavy atom. The number of unbranched alkanes of at least 4 members (excludes halogenated alkanes) is 2. The molecular weight excluding hydrogens is 370 g/mol. The van der Waals surface area contributed by atoms with Gasteiger partial charge in [0.15, 0.2) is 0 Å². The van der Waals surface area contributed by atoms with Crippen LogP contribution in [0.15, 0.2) is 72.8 Å². The molecule has 30 heavy (non-hydrogen) atoms. The van der Waals surface area contributed by atoms with E-state index in [1.807, 2.05) is 24.3 Å². The van der Waals surface area contributed by atoms with Gasteiger partial charge in [-0.15, -0.1) is 5.10 Å². The molecule has 0 amide bonds. The number of fused-ring (bicyclic) bond motifs is 1. The second-order valence-corrected chi connectivity index (χ2v) is 7.73. The van der Waals surface area contributed by atoms with E-state index in [-0.39, 0.29) is 5.91 Å². The Morgan fingerprint density at radius 2 is 1.43 bits per heavy atom. The van der Waals surface area contributed by atoms with Gasteiger partial charge in [-0.25, -0.2) is 0 Å². The van der Waals surface area contributed by atoms with E-state index in [0.29, 0.717) is 12.8 Å². The molecule has 0 N–H and O–H groups in total. The fourth-order valence-electron chi connectivity index (χ4n) is 3.72. The first-order valence-electron chi connectivity index (χ1n) is 10.8. The van der Waals surface area contributed by atoms with Crippen LogP contribution in [-0.2, 0) is 12.8 Å². The number of aryl methyl sites for hydroxylation is 2. The summed E-state index contributed by atoms with van der Waals surface area (Å²) in [5.74, 6) is -0.0357.